The second kappa shape index (κ2) is 5.69. The standard InChI is InChI=1S/C11H9ClF3NO/c12-6-2-1-3-8-4-5-9(16)10(7-8)17-11(13,14)15/h4-5,7H,2,6,16H2. The van der Waals surface area contributed by atoms with E-state index < -0.39 is 12.1 Å². The van der Waals surface area contributed by atoms with Gasteiger partial charge in [0.15, 0.2) is 5.75 Å². The molecule has 0 aliphatic carbocycles. The topological polar surface area (TPSA) is 35.2 Å². The number of halogens is 4. The van der Waals surface area contributed by atoms with Crippen molar-refractivity contribution in [3.63, 3.8) is 0 Å². The molecule has 0 aliphatic heterocycles. The molecule has 0 atom stereocenters. The first-order chi connectivity index (χ1) is 7.92. The molecule has 2 N–H and O–H groups in total. The smallest absolute Gasteiger partial charge is 0.404 e. The zero-order chi connectivity index (χ0) is 12.9. The summed E-state index contributed by atoms with van der Waals surface area (Å²) in [4.78, 5) is 0. The molecule has 0 spiro atoms. The molecule has 0 fully saturated rings. The highest BCUT2D eigenvalue weighted by Crippen LogP contribution is 2.28. The number of nitrogen functional groups attached to an aromatic ring is 1. The molecule has 0 saturated carbocycles. The quantitative estimate of drug-likeness (QED) is 0.505. The molecule has 1 aromatic rings. The van der Waals surface area contributed by atoms with E-state index in [2.05, 4.69) is 16.6 Å². The Labute approximate surface area is 102 Å². The number of ether oxygens (including phenoxy) is 1. The molecule has 0 saturated heterocycles. The van der Waals surface area contributed by atoms with E-state index in [-0.39, 0.29) is 5.69 Å². The van der Waals surface area contributed by atoms with Crippen LogP contribution in [0.4, 0.5) is 18.9 Å². The fraction of sp³-hybridized carbons (Fsp3) is 0.273. The minimum atomic E-state index is -4.77. The highest BCUT2D eigenvalue weighted by atomic mass is 35.5. The molecule has 6 heteroatoms. The summed E-state index contributed by atoms with van der Waals surface area (Å²) in [5.41, 5.74) is 5.66. The van der Waals surface area contributed by atoms with Crippen molar-refractivity contribution in [2.45, 2.75) is 12.8 Å². The summed E-state index contributed by atoms with van der Waals surface area (Å²) in [6.07, 6.45) is -4.31. The van der Waals surface area contributed by atoms with Crippen LogP contribution in [0.15, 0.2) is 18.2 Å². The Morgan fingerprint density at radius 1 is 1.35 bits per heavy atom. The van der Waals surface area contributed by atoms with Crippen LogP contribution in [0.5, 0.6) is 5.75 Å². The van der Waals surface area contributed by atoms with Crippen molar-refractivity contribution in [2.24, 2.45) is 0 Å². The van der Waals surface area contributed by atoms with Gasteiger partial charge in [0.05, 0.1) is 5.69 Å². The third kappa shape index (κ3) is 4.87. The Morgan fingerprint density at radius 2 is 2.06 bits per heavy atom. The fourth-order valence-corrected chi connectivity index (χ4v) is 1.13. The highest BCUT2D eigenvalue weighted by Gasteiger charge is 2.31. The molecule has 0 aromatic heterocycles. The summed E-state index contributed by atoms with van der Waals surface area (Å²) in [7, 11) is 0. The van der Waals surface area contributed by atoms with Gasteiger partial charge in [0.2, 0.25) is 0 Å². The van der Waals surface area contributed by atoms with E-state index in [0.29, 0.717) is 17.9 Å². The fourth-order valence-electron chi connectivity index (χ4n) is 1.04. The first-order valence-corrected chi connectivity index (χ1v) is 5.16. The summed E-state index contributed by atoms with van der Waals surface area (Å²) < 4.78 is 39.8. The van der Waals surface area contributed by atoms with Gasteiger partial charge in [-0.1, -0.05) is 11.8 Å². The monoisotopic (exact) mass is 263 g/mol. The Bertz CT molecular complexity index is 448. The van der Waals surface area contributed by atoms with Gasteiger partial charge in [-0.3, -0.25) is 0 Å². The zero-order valence-electron chi connectivity index (χ0n) is 8.64. The number of anilines is 1. The third-order valence-electron chi connectivity index (χ3n) is 1.69. The predicted molar refractivity (Wildman–Crippen MR) is 59.8 cm³/mol. The van der Waals surface area contributed by atoms with Crippen LogP contribution in [0.25, 0.3) is 0 Å². The number of benzene rings is 1. The lowest BCUT2D eigenvalue weighted by Crippen LogP contribution is -2.18. The number of rotatable bonds is 2. The van der Waals surface area contributed by atoms with Crippen LogP contribution in [0.2, 0.25) is 0 Å². The Balaban J connectivity index is 2.92. The molecule has 92 valence electrons. The van der Waals surface area contributed by atoms with Gasteiger partial charge in [0.1, 0.15) is 0 Å². The molecule has 1 aromatic carbocycles. The summed E-state index contributed by atoms with van der Waals surface area (Å²) in [5.74, 6) is 5.28. The van der Waals surface area contributed by atoms with Gasteiger partial charge < -0.3 is 10.5 Å². The van der Waals surface area contributed by atoms with Gasteiger partial charge >= 0.3 is 6.36 Å². The van der Waals surface area contributed by atoms with E-state index in [1.54, 1.807) is 0 Å². The van der Waals surface area contributed by atoms with E-state index in [0.717, 1.165) is 6.07 Å². The van der Waals surface area contributed by atoms with Gasteiger partial charge in [-0.25, -0.2) is 0 Å². The SMILES string of the molecule is Nc1ccc(C#CCCCl)cc1OC(F)(F)F. The van der Waals surface area contributed by atoms with Crippen molar-refractivity contribution in [1.29, 1.82) is 0 Å². The average Bonchev–Trinajstić information content (AvgIpc) is 2.21. The normalized spacial score (nSPS) is 10.6. The van der Waals surface area contributed by atoms with Crippen molar-refractivity contribution in [3.8, 4) is 17.6 Å². The third-order valence-corrected chi connectivity index (χ3v) is 1.88. The lowest BCUT2D eigenvalue weighted by Gasteiger charge is -2.10. The van der Waals surface area contributed by atoms with Crippen LogP contribution in [0.1, 0.15) is 12.0 Å². The van der Waals surface area contributed by atoms with Crippen LogP contribution in [0.3, 0.4) is 0 Å². The Hall–Kier alpha value is -1.54. The van der Waals surface area contributed by atoms with E-state index in [1.807, 2.05) is 0 Å². The van der Waals surface area contributed by atoms with E-state index in [1.165, 1.54) is 12.1 Å². The molecule has 0 bridgehead atoms. The van der Waals surface area contributed by atoms with E-state index in [4.69, 9.17) is 17.3 Å². The average molecular weight is 264 g/mol. The number of hydrogen-bond acceptors (Lipinski definition) is 2. The highest BCUT2D eigenvalue weighted by molar-refractivity contribution is 6.18. The van der Waals surface area contributed by atoms with Gasteiger partial charge in [-0.15, -0.1) is 24.8 Å². The summed E-state index contributed by atoms with van der Waals surface area (Å²) in [6, 6.07) is 3.97. The van der Waals surface area contributed by atoms with Crippen LogP contribution < -0.4 is 10.5 Å². The lowest BCUT2D eigenvalue weighted by molar-refractivity contribution is -0.274. The molecular formula is C11H9ClF3NO. The minimum absolute atomic E-state index is 0.0924. The molecule has 0 radical (unpaired) electrons. The molecule has 2 nitrogen and oxygen atoms in total. The van der Waals surface area contributed by atoms with Crippen molar-refractivity contribution in [3.05, 3.63) is 23.8 Å². The van der Waals surface area contributed by atoms with Crippen molar-refractivity contribution >= 4 is 17.3 Å². The molecule has 0 amide bonds. The van der Waals surface area contributed by atoms with Gasteiger partial charge in [-0.2, -0.15) is 0 Å². The molecular weight excluding hydrogens is 255 g/mol. The maximum Gasteiger partial charge on any atom is 0.573 e. The van der Waals surface area contributed by atoms with Crippen molar-refractivity contribution < 1.29 is 17.9 Å². The lowest BCUT2D eigenvalue weighted by atomic mass is 10.2. The van der Waals surface area contributed by atoms with Crippen LogP contribution in [-0.4, -0.2) is 12.2 Å². The van der Waals surface area contributed by atoms with Crippen molar-refractivity contribution in [2.75, 3.05) is 11.6 Å². The van der Waals surface area contributed by atoms with Gasteiger partial charge in [0, 0.05) is 17.9 Å². The summed E-state index contributed by atoms with van der Waals surface area (Å²) >= 11 is 5.42. The first-order valence-electron chi connectivity index (χ1n) is 4.62. The van der Waals surface area contributed by atoms with Gasteiger partial charge in [0.25, 0.3) is 0 Å². The van der Waals surface area contributed by atoms with E-state index in [9.17, 15) is 13.2 Å². The van der Waals surface area contributed by atoms with Crippen LogP contribution in [0, 0.1) is 11.8 Å². The number of nitrogens with two attached hydrogens (primary N) is 1. The first kappa shape index (κ1) is 13.5. The van der Waals surface area contributed by atoms with E-state index >= 15 is 0 Å². The Morgan fingerprint density at radius 3 is 2.65 bits per heavy atom. The minimum Gasteiger partial charge on any atom is -0.404 e. The molecule has 1 rings (SSSR count). The largest absolute Gasteiger partial charge is 0.573 e. The molecule has 17 heavy (non-hydrogen) atoms. The van der Waals surface area contributed by atoms with Crippen molar-refractivity contribution in [1.82, 2.24) is 0 Å². The summed E-state index contributed by atoms with van der Waals surface area (Å²) in [6.45, 7) is 0. The summed E-state index contributed by atoms with van der Waals surface area (Å²) in [5, 5.41) is 0. The molecule has 0 aliphatic rings. The molecule has 0 unspecified atom stereocenters. The second-order valence-corrected chi connectivity index (χ2v) is 3.42. The maximum absolute atomic E-state index is 12.0. The van der Waals surface area contributed by atoms with Crippen LogP contribution in [-0.2, 0) is 0 Å². The van der Waals surface area contributed by atoms with Crippen LogP contribution >= 0.6 is 11.6 Å². The Kier molecular flexibility index (Phi) is 4.53. The van der Waals surface area contributed by atoms with Gasteiger partial charge in [-0.05, 0) is 18.2 Å². The maximum atomic E-state index is 12.0. The molecule has 0 heterocycles. The number of alkyl halides is 4. The zero-order valence-corrected chi connectivity index (χ0v) is 9.40. The predicted octanol–water partition coefficient (Wildman–Crippen LogP) is 3.15. The second-order valence-electron chi connectivity index (χ2n) is 3.04. The number of hydrogen-bond donors (Lipinski definition) is 1.